The molecule has 7 atom stereocenters. The summed E-state index contributed by atoms with van der Waals surface area (Å²) in [7, 11) is 0. The number of hydrogen-bond donors (Lipinski definition) is 0. The highest BCUT2D eigenvalue weighted by molar-refractivity contribution is 5.18. The van der Waals surface area contributed by atoms with E-state index < -0.39 is 11.6 Å². The summed E-state index contributed by atoms with van der Waals surface area (Å²) in [4.78, 5) is 0. The molecular weight excluding hydrogens is 392 g/mol. The van der Waals surface area contributed by atoms with Crippen molar-refractivity contribution in [3.05, 3.63) is 0 Å². The van der Waals surface area contributed by atoms with Crippen LogP contribution in [0.1, 0.15) is 93.4 Å². The van der Waals surface area contributed by atoms with Gasteiger partial charge < -0.3 is 23.7 Å². The van der Waals surface area contributed by atoms with Crippen molar-refractivity contribution in [1.29, 1.82) is 0 Å². The number of hydrogen-bond acceptors (Lipinski definition) is 5. The molecule has 0 amide bonds. The van der Waals surface area contributed by atoms with Crippen LogP contribution < -0.4 is 0 Å². The molecule has 178 valence electrons. The highest BCUT2D eigenvalue weighted by Gasteiger charge is 2.70. The average molecular weight is 437 g/mol. The van der Waals surface area contributed by atoms with Crippen molar-refractivity contribution >= 4 is 0 Å². The van der Waals surface area contributed by atoms with Crippen molar-refractivity contribution in [2.24, 2.45) is 22.7 Å². The summed E-state index contributed by atoms with van der Waals surface area (Å²) >= 11 is 0. The summed E-state index contributed by atoms with van der Waals surface area (Å²) < 4.78 is 32.3. The van der Waals surface area contributed by atoms with Gasteiger partial charge in [-0.1, -0.05) is 20.8 Å². The minimum absolute atomic E-state index is 0.0415. The van der Waals surface area contributed by atoms with E-state index in [1.807, 2.05) is 13.8 Å². The fourth-order valence-corrected chi connectivity index (χ4v) is 8.18. The topological polar surface area (TPSA) is 46.2 Å². The van der Waals surface area contributed by atoms with E-state index in [0.717, 1.165) is 38.7 Å². The Morgan fingerprint density at radius 1 is 0.710 bits per heavy atom. The highest BCUT2D eigenvalue weighted by atomic mass is 16.7. The molecule has 0 aromatic carbocycles. The zero-order valence-electron chi connectivity index (χ0n) is 20.8. The molecule has 5 aliphatic rings. The minimum atomic E-state index is -0.525. The average Bonchev–Trinajstić information content (AvgIpc) is 3.00. The molecule has 5 heteroatoms. The van der Waals surface area contributed by atoms with E-state index in [1.165, 1.54) is 12.8 Å². The van der Waals surface area contributed by atoms with E-state index in [-0.39, 0.29) is 28.1 Å². The van der Waals surface area contributed by atoms with Gasteiger partial charge in [0.25, 0.3) is 0 Å². The molecule has 31 heavy (non-hydrogen) atoms. The highest BCUT2D eigenvalue weighted by Crippen LogP contribution is 2.69. The smallest absolute Gasteiger partial charge is 0.163 e. The third-order valence-electron chi connectivity index (χ3n) is 10.1. The maximum atomic E-state index is 7.36. The molecule has 5 rings (SSSR count). The fourth-order valence-electron chi connectivity index (χ4n) is 8.18. The van der Waals surface area contributed by atoms with Gasteiger partial charge >= 0.3 is 0 Å². The molecule has 3 saturated heterocycles. The van der Waals surface area contributed by atoms with E-state index in [4.69, 9.17) is 23.7 Å². The van der Waals surface area contributed by atoms with Gasteiger partial charge in [0.15, 0.2) is 11.6 Å². The van der Waals surface area contributed by atoms with E-state index in [0.29, 0.717) is 25.0 Å². The Hall–Kier alpha value is -0.200. The van der Waals surface area contributed by atoms with Gasteiger partial charge in [-0.3, -0.25) is 0 Å². The van der Waals surface area contributed by atoms with Gasteiger partial charge in [-0.05, 0) is 78.1 Å². The zero-order chi connectivity index (χ0) is 22.3. The summed E-state index contributed by atoms with van der Waals surface area (Å²) in [6.45, 7) is 17.7. The Labute approximate surface area is 188 Å². The quantitative estimate of drug-likeness (QED) is 0.505. The van der Waals surface area contributed by atoms with E-state index >= 15 is 0 Å². The standard InChI is InChI=1S/C26H44O5/c1-18-8-9-19-23(6)16-28-22(4,5)30-20(23)10-11-24(19,7)26(18)13-12-25(31-26)14-15-27-21(2,3)29-17-25/h18-20H,8-17H2,1-7H3/t18-,19-,20+,23+,24+,25-,26-/m1/s1. The lowest BCUT2D eigenvalue weighted by Crippen LogP contribution is -2.69. The molecule has 5 nitrogen and oxygen atoms in total. The van der Waals surface area contributed by atoms with Gasteiger partial charge in [0.05, 0.1) is 37.1 Å². The molecule has 2 saturated carbocycles. The Morgan fingerprint density at radius 2 is 1.45 bits per heavy atom. The van der Waals surface area contributed by atoms with Crippen molar-refractivity contribution in [3.8, 4) is 0 Å². The molecule has 0 aromatic heterocycles. The van der Waals surface area contributed by atoms with E-state index in [2.05, 4.69) is 34.6 Å². The number of fused-ring (bicyclic) bond motifs is 4. The first-order valence-electron chi connectivity index (χ1n) is 12.7. The van der Waals surface area contributed by atoms with Crippen LogP contribution in [0.2, 0.25) is 0 Å². The van der Waals surface area contributed by atoms with Crippen LogP contribution in [0.15, 0.2) is 0 Å². The Bertz CT molecular complexity index is 721. The Morgan fingerprint density at radius 3 is 2.23 bits per heavy atom. The van der Waals surface area contributed by atoms with Gasteiger partial charge in [0, 0.05) is 17.3 Å². The molecule has 2 aliphatic carbocycles. The first-order valence-corrected chi connectivity index (χ1v) is 12.7. The monoisotopic (exact) mass is 436 g/mol. The lowest BCUT2D eigenvalue weighted by molar-refractivity contribution is -0.359. The number of ether oxygens (including phenoxy) is 5. The lowest BCUT2D eigenvalue weighted by Gasteiger charge is -2.67. The summed E-state index contributed by atoms with van der Waals surface area (Å²) in [6.07, 6.45) is 8.09. The second kappa shape index (κ2) is 6.91. The van der Waals surface area contributed by atoms with Gasteiger partial charge in [0.1, 0.15) is 0 Å². The molecule has 0 radical (unpaired) electrons. The Balaban J connectivity index is 1.47. The molecule has 0 unspecified atom stereocenters. The van der Waals surface area contributed by atoms with Crippen LogP contribution in [-0.2, 0) is 23.7 Å². The second-order valence-corrected chi connectivity index (χ2v) is 12.7. The van der Waals surface area contributed by atoms with Crippen molar-refractivity contribution in [1.82, 2.24) is 0 Å². The van der Waals surface area contributed by atoms with Crippen LogP contribution in [0, 0.1) is 22.7 Å². The van der Waals surface area contributed by atoms with Crippen LogP contribution in [0.25, 0.3) is 0 Å². The van der Waals surface area contributed by atoms with Crippen LogP contribution in [0.4, 0.5) is 0 Å². The first-order chi connectivity index (χ1) is 14.4. The molecule has 3 aliphatic heterocycles. The van der Waals surface area contributed by atoms with Crippen molar-refractivity contribution < 1.29 is 23.7 Å². The summed E-state index contributed by atoms with van der Waals surface area (Å²) in [6, 6.07) is 0. The van der Waals surface area contributed by atoms with E-state index in [1.54, 1.807) is 0 Å². The van der Waals surface area contributed by atoms with Crippen molar-refractivity contribution in [2.45, 2.75) is 122 Å². The minimum Gasteiger partial charge on any atom is -0.365 e. The van der Waals surface area contributed by atoms with Crippen LogP contribution >= 0.6 is 0 Å². The Kier molecular flexibility index (Phi) is 5.04. The molecule has 3 heterocycles. The predicted molar refractivity (Wildman–Crippen MR) is 119 cm³/mol. The summed E-state index contributed by atoms with van der Waals surface area (Å²) in [5.74, 6) is 0.0890. The van der Waals surface area contributed by atoms with Gasteiger partial charge in [-0.15, -0.1) is 0 Å². The van der Waals surface area contributed by atoms with Gasteiger partial charge in [0.2, 0.25) is 0 Å². The first kappa shape index (κ1) is 22.6. The normalized spacial score (nSPS) is 53.7. The second-order valence-electron chi connectivity index (χ2n) is 12.7. The SMILES string of the molecule is C[C@@H]1CC[C@@H]2[C@]3(C)COC(C)(C)O[C@H]3CC[C@]2(C)[C@@]12CC[C@]1(CCOC(C)(C)OC1)O2. The fraction of sp³-hybridized carbons (Fsp3) is 1.00. The third kappa shape index (κ3) is 3.28. The molecule has 2 spiro atoms. The maximum Gasteiger partial charge on any atom is 0.163 e. The van der Waals surface area contributed by atoms with Crippen LogP contribution in [-0.4, -0.2) is 48.7 Å². The molecule has 0 bridgehead atoms. The predicted octanol–water partition coefficient (Wildman–Crippen LogP) is 5.45. The summed E-state index contributed by atoms with van der Waals surface area (Å²) in [5, 5.41) is 0. The molecule has 0 aromatic rings. The molecule has 5 fully saturated rings. The van der Waals surface area contributed by atoms with E-state index in [9.17, 15) is 0 Å². The maximum absolute atomic E-state index is 7.36. The summed E-state index contributed by atoms with van der Waals surface area (Å²) in [5.41, 5.74) is -0.156. The van der Waals surface area contributed by atoms with Crippen molar-refractivity contribution in [2.75, 3.05) is 19.8 Å². The number of rotatable bonds is 0. The van der Waals surface area contributed by atoms with Gasteiger partial charge in [-0.2, -0.15) is 0 Å². The zero-order valence-corrected chi connectivity index (χ0v) is 20.8. The van der Waals surface area contributed by atoms with Gasteiger partial charge in [-0.25, -0.2) is 0 Å². The molecule has 0 N–H and O–H groups in total. The van der Waals surface area contributed by atoms with Crippen LogP contribution in [0.5, 0.6) is 0 Å². The largest absolute Gasteiger partial charge is 0.365 e. The van der Waals surface area contributed by atoms with Crippen LogP contribution in [0.3, 0.4) is 0 Å². The lowest BCUT2D eigenvalue weighted by atomic mass is 9.43. The van der Waals surface area contributed by atoms with Crippen molar-refractivity contribution in [3.63, 3.8) is 0 Å². The third-order valence-corrected chi connectivity index (χ3v) is 10.1. The molecular formula is C26H44O5.